The second kappa shape index (κ2) is 8.55. The molecular formula is C20H23Cl2NO. The van der Waals surface area contributed by atoms with Crippen LogP contribution in [0.3, 0.4) is 0 Å². The Kier molecular flexibility index (Phi) is 6.70. The summed E-state index contributed by atoms with van der Waals surface area (Å²) in [6.07, 6.45) is 1.24. The second-order valence-corrected chi connectivity index (χ2v) is 7.32. The maximum absolute atomic E-state index is 12.3. The maximum Gasteiger partial charge on any atom is 0.225 e. The molecular weight excluding hydrogens is 341 g/mol. The lowest BCUT2D eigenvalue weighted by Crippen LogP contribution is -2.28. The zero-order valence-electron chi connectivity index (χ0n) is 14.3. The maximum atomic E-state index is 12.3. The van der Waals surface area contributed by atoms with Gasteiger partial charge in [0, 0.05) is 10.0 Å². The molecule has 0 aliphatic carbocycles. The topological polar surface area (TPSA) is 29.1 Å². The van der Waals surface area contributed by atoms with Crippen LogP contribution < -0.4 is 5.32 Å². The molecule has 1 N–H and O–H groups in total. The van der Waals surface area contributed by atoms with Gasteiger partial charge in [-0.15, -0.1) is 0 Å². The highest BCUT2D eigenvalue weighted by Crippen LogP contribution is 2.25. The van der Waals surface area contributed by atoms with Crippen LogP contribution in [0, 0.1) is 5.92 Å². The lowest BCUT2D eigenvalue weighted by atomic mass is 10.00. The number of hydrogen-bond donors (Lipinski definition) is 1. The van der Waals surface area contributed by atoms with Gasteiger partial charge in [-0.3, -0.25) is 4.79 Å². The van der Waals surface area contributed by atoms with Crippen LogP contribution in [0.4, 0.5) is 0 Å². The van der Waals surface area contributed by atoms with E-state index in [2.05, 4.69) is 43.4 Å². The molecule has 4 heteroatoms. The van der Waals surface area contributed by atoms with Gasteiger partial charge in [-0.25, -0.2) is 0 Å². The van der Waals surface area contributed by atoms with Crippen LogP contribution in [0.25, 0.3) is 0 Å². The Morgan fingerprint density at radius 1 is 1.00 bits per heavy atom. The molecule has 2 aromatic carbocycles. The minimum Gasteiger partial charge on any atom is -0.349 e. The van der Waals surface area contributed by atoms with Gasteiger partial charge in [0.1, 0.15) is 0 Å². The third-order valence-electron chi connectivity index (χ3n) is 3.90. The molecule has 0 aromatic heterocycles. The minimum atomic E-state index is -0.0937. The highest BCUT2D eigenvalue weighted by Gasteiger charge is 2.14. The third kappa shape index (κ3) is 5.25. The number of amides is 1. The molecule has 2 nitrogen and oxygen atoms in total. The van der Waals surface area contributed by atoms with Gasteiger partial charge in [0.05, 0.1) is 12.5 Å². The highest BCUT2D eigenvalue weighted by atomic mass is 35.5. The lowest BCUT2D eigenvalue weighted by molar-refractivity contribution is -0.121. The predicted molar refractivity (Wildman–Crippen MR) is 102 cm³/mol. The summed E-state index contributed by atoms with van der Waals surface area (Å²) in [7, 11) is 0. The molecule has 0 saturated heterocycles. The standard InChI is InChI=1S/C20H23Cl2NO/c1-13(2)11-15-7-9-16(10-8-15)14(3)23-20(24)12-17-18(21)5-4-6-19(17)22/h4-10,13-14H,11-12H2,1-3H3,(H,23,24)/t14-/m0/s1. The molecule has 0 fully saturated rings. The average molecular weight is 364 g/mol. The summed E-state index contributed by atoms with van der Waals surface area (Å²) in [5.41, 5.74) is 3.06. The Morgan fingerprint density at radius 3 is 2.12 bits per heavy atom. The second-order valence-electron chi connectivity index (χ2n) is 6.51. The fourth-order valence-electron chi connectivity index (χ4n) is 2.65. The fourth-order valence-corrected chi connectivity index (χ4v) is 3.18. The summed E-state index contributed by atoms with van der Waals surface area (Å²) in [5.74, 6) is 0.539. The molecule has 2 rings (SSSR count). The Balaban J connectivity index is 1.98. The van der Waals surface area contributed by atoms with Crippen LogP contribution in [0.5, 0.6) is 0 Å². The molecule has 0 aliphatic rings. The van der Waals surface area contributed by atoms with Crippen LogP contribution in [-0.2, 0) is 17.6 Å². The van der Waals surface area contributed by atoms with Gasteiger partial charge in [-0.2, -0.15) is 0 Å². The number of carbonyl (C=O) groups excluding carboxylic acids is 1. The number of hydrogen-bond acceptors (Lipinski definition) is 1. The molecule has 0 heterocycles. The van der Waals surface area contributed by atoms with Crippen molar-refractivity contribution in [1.29, 1.82) is 0 Å². The first kappa shape index (κ1) is 18.8. The number of benzene rings is 2. The minimum absolute atomic E-state index is 0.0631. The molecule has 0 saturated carbocycles. The zero-order chi connectivity index (χ0) is 17.7. The van der Waals surface area contributed by atoms with Crippen LogP contribution in [-0.4, -0.2) is 5.91 Å². The molecule has 128 valence electrons. The van der Waals surface area contributed by atoms with Crippen molar-refractivity contribution in [1.82, 2.24) is 5.32 Å². The number of rotatable bonds is 6. The molecule has 2 aromatic rings. The van der Waals surface area contributed by atoms with Crippen LogP contribution >= 0.6 is 23.2 Å². The molecule has 0 bridgehead atoms. The summed E-state index contributed by atoms with van der Waals surface area (Å²) in [6, 6.07) is 13.6. The van der Waals surface area contributed by atoms with E-state index in [-0.39, 0.29) is 18.4 Å². The SMILES string of the molecule is CC(C)Cc1ccc([C@H](C)NC(=O)Cc2c(Cl)cccc2Cl)cc1. The van der Waals surface area contributed by atoms with Gasteiger partial charge >= 0.3 is 0 Å². The van der Waals surface area contributed by atoms with Crippen LogP contribution in [0.2, 0.25) is 10.0 Å². The van der Waals surface area contributed by atoms with E-state index in [1.165, 1.54) is 5.56 Å². The van der Waals surface area contributed by atoms with Gasteiger partial charge in [-0.1, -0.05) is 67.4 Å². The van der Waals surface area contributed by atoms with Crippen LogP contribution in [0.1, 0.15) is 43.5 Å². The normalized spacial score (nSPS) is 12.2. The van der Waals surface area contributed by atoms with Crippen molar-refractivity contribution in [2.45, 2.75) is 39.7 Å². The Hall–Kier alpha value is -1.51. The Labute approximate surface area is 154 Å². The predicted octanol–water partition coefficient (Wildman–Crippen LogP) is 5.61. The first-order chi connectivity index (χ1) is 11.4. The van der Waals surface area contributed by atoms with Gasteiger partial charge in [0.25, 0.3) is 0 Å². The van der Waals surface area contributed by atoms with E-state index in [1.54, 1.807) is 18.2 Å². The molecule has 1 amide bonds. The third-order valence-corrected chi connectivity index (χ3v) is 4.61. The summed E-state index contributed by atoms with van der Waals surface area (Å²) in [5, 5.41) is 4.04. The van der Waals surface area contributed by atoms with Crippen molar-refractivity contribution < 1.29 is 4.79 Å². The molecule has 0 radical (unpaired) electrons. The van der Waals surface area contributed by atoms with E-state index in [4.69, 9.17) is 23.2 Å². The molecule has 0 spiro atoms. The summed E-state index contributed by atoms with van der Waals surface area (Å²) in [4.78, 5) is 12.3. The molecule has 24 heavy (non-hydrogen) atoms. The molecule has 1 atom stereocenters. The van der Waals surface area contributed by atoms with Crippen molar-refractivity contribution in [3.05, 3.63) is 69.2 Å². The van der Waals surface area contributed by atoms with E-state index in [0.29, 0.717) is 21.5 Å². The zero-order valence-corrected chi connectivity index (χ0v) is 15.8. The quantitative estimate of drug-likeness (QED) is 0.709. The summed E-state index contributed by atoms with van der Waals surface area (Å²) in [6.45, 7) is 6.39. The van der Waals surface area contributed by atoms with Crippen molar-refractivity contribution in [2.24, 2.45) is 5.92 Å². The van der Waals surface area contributed by atoms with Crippen molar-refractivity contribution in [2.75, 3.05) is 0 Å². The van der Waals surface area contributed by atoms with E-state index in [1.807, 2.05) is 6.92 Å². The van der Waals surface area contributed by atoms with Crippen molar-refractivity contribution in [3.63, 3.8) is 0 Å². The van der Waals surface area contributed by atoms with E-state index < -0.39 is 0 Å². The molecule has 0 unspecified atom stereocenters. The van der Waals surface area contributed by atoms with Crippen LogP contribution in [0.15, 0.2) is 42.5 Å². The number of carbonyl (C=O) groups is 1. The largest absolute Gasteiger partial charge is 0.349 e. The number of halogens is 2. The smallest absolute Gasteiger partial charge is 0.225 e. The summed E-state index contributed by atoms with van der Waals surface area (Å²) < 4.78 is 0. The van der Waals surface area contributed by atoms with Crippen molar-refractivity contribution in [3.8, 4) is 0 Å². The average Bonchev–Trinajstić information content (AvgIpc) is 2.51. The number of nitrogens with one attached hydrogen (secondary N) is 1. The van der Waals surface area contributed by atoms with E-state index in [9.17, 15) is 4.79 Å². The first-order valence-electron chi connectivity index (χ1n) is 8.18. The molecule has 0 aliphatic heterocycles. The highest BCUT2D eigenvalue weighted by molar-refractivity contribution is 6.36. The lowest BCUT2D eigenvalue weighted by Gasteiger charge is -2.16. The van der Waals surface area contributed by atoms with Gasteiger partial charge in [0.2, 0.25) is 5.91 Å². The van der Waals surface area contributed by atoms with Gasteiger partial charge < -0.3 is 5.32 Å². The van der Waals surface area contributed by atoms with Gasteiger partial charge in [-0.05, 0) is 48.1 Å². The van der Waals surface area contributed by atoms with Gasteiger partial charge in [0.15, 0.2) is 0 Å². The van der Waals surface area contributed by atoms with E-state index >= 15 is 0 Å². The summed E-state index contributed by atoms with van der Waals surface area (Å²) >= 11 is 12.2. The fraction of sp³-hybridized carbons (Fsp3) is 0.350. The monoisotopic (exact) mass is 363 g/mol. The Morgan fingerprint density at radius 2 is 1.58 bits per heavy atom. The van der Waals surface area contributed by atoms with E-state index in [0.717, 1.165) is 12.0 Å². The Bertz CT molecular complexity index is 675. The first-order valence-corrected chi connectivity index (χ1v) is 8.93. The van der Waals surface area contributed by atoms with Crippen molar-refractivity contribution >= 4 is 29.1 Å².